The molecule has 0 spiro atoms. The summed E-state index contributed by atoms with van der Waals surface area (Å²) in [4.78, 5) is -0.248. The smallest absolute Gasteiger partial charge is 0.242 e. The van der Waals surface area contributed by atoms with Crippen LogP contribution in [0.2, 0.25) is 0 Å². The highest BCUT2D eigenvalue weighted by Gasteiger charge is 2.29. The molecular weight excluding hydrogens is 259 g/mol. The van der Waals surface area contributed by atoms with Crippen LogP contribution in [0.3, 0.4) is 0 Å². The van der Waals surface area contributed by atoms with E-state index in [1.54, 1.807) is 0 Å². The fraction of sp³-hybridized carbons (Fsp3) is 0.455. The maximum absolute atomic E-state index is 13.2. The van der Waals surface area contributed by atoms with Gasteiger partial charge in [0.25, 0.3) is 0 Å². The van der Waals surface area contributed by atoms with Crippen molar-refractivity contribution in [2.75, 3.05) is 12.3 Å². The van der Waals surface area contributed by atoms with Gasteiger partial charge in [0.05, 0.1) is 11.8 Å². The first-order chi connectivity index (χ1) is 8.40. The molecule has 7 heteroatoms. The maximum Gasteiger partial charge on any atom is 0.242 e. The van der Waals surface area contributed by atoms with Crippen LogP contribution < -0.4 is 10.5 Å². The Morgan fingerprint density at radius 2 is 2.11 bits per heavy atom. The van der Waals surface area contributed by atoms with Crippen molar-refractivity contribution in [1.82, 2.24) is 4.72 Å². The SMILES string of the molecule is Nc1c(F)cccc1S(=O)(=O)NCC1CC(O)C1. The third kappa shape index (κ3) is 2.63. The molecule has 1 saturated carbocycles. The predicted octanol–water partition coefficient (Wildman–Crippen LogP) is 0.457. The number of hydrogen-bond acceptors (Lipinski definition) is 4. The molecule has 4 N–H and O–H groups in total. The van der Waals surface area contributed by atoms with Crippen molar-refractivity contribution in [3.63, 3.8) is 0 Å². The normalized spacial score (nSPS) is 23.7. The minimum Gasteiger partial charge on any atom is -0.395 e. The Labute approximate surface area is 105 Å². The number of halogens is 1. The molecule has 1 aromatic rings. The van der Waals surface area contributed by atoms with Gasteiger partial charge in [-0.25, -0.2) is 17.5 Å². The lowest BCUT2D eigenvalue weighted by atomic mass is 9.83. The van der Waals surface area contributed by atoms with E-state index >= 15 is 0 Å². The minimum atomic E-state index is -3.80. The summed E-state index contributed by atoms with van der Waals surface area (Å²) in [6.45, 7) is 0.231. The Kier molecular flexibility index (Phi) is 3.56. The van der Waals surface area contributed by atoms with Crippen molar-refractivity contribution in [1.29, 1.82) is 0 Å². The standard InChI is InChI=1S/C11H15FN2O3S/c12-9-2-1-3-10(11(9)13)18(16,17)14-6-7-4-8(15)5-7/h1-3,7-8,14-15H,4-6,13H2. The number of rotatable bonds is 4. The molecule has 0 heterocycles. The van der Waals surface area contributed by atoms with Crippen molar-refractivity contribution < 1.29 is 17.9 Å². The van der Waals surface area contributed by atoms with Crippen molar-refractivity contribution >= 4 is 15.7 Å². The van der Waals surface area contributed by atoms with Gasteiger partial charge >= 0.3 is 0 Å². The molecule has 1 aromatic carbocycles. The summed E-state index contributed by atoms with van der Waals surface area (Å²) in [6.07, 6.45) is 0.834. The van der Waals surface area contributed by atoms with Crippen molar-refractivity contribution in [2.45, 2.75) is 23.8 Å². The van der Waals surface area contributed by atoms with E-state index < -0.39 is 15.8 Å². The molecule has 0 radical (unpaired) electrons. The number of aliphatic hydroxyl groups is 1. The Hall–Kier alpha value is -1.18. The predicted molar refractivity (Wildman–Crippen MR) is 64.7 cm³/mol. The number of sulfonamides is 1. The van der Waals surface area contributed by atoms with Crippen LogP contribution in [0.4, 0.5) is 10.1 Å². The van der Waals surface area contributed by atoms with E-state index in [4.69, 9.17) is 10.8 Å². The molecule has 1 aliphatic carbocycles. The number of hydrogen-bond donors (Lipinski definition) is 3. The number of nitrogens with one attached hydrogen (secondary N) is 1. The molecule has 0 amide bonds. The summed E-state index contributed by atoms with van der Waals surface area (Å²) in [5.41, 5.74) is 5.03. The monoisotopic (exact) mass is 274 g/mol. The molecular formula is C11H15FN2O3S. The first kappa shape index (κ1) is 13.3. The molecule has 1 fully saturated rings. The summed E-state index contributed by atoms with van der Waals surface area (Å²) in [5, 5.41) is 9.10. The van der Waals surface area contributed by atoms with Crippen LogP contribution in [0.15, 0.2) is 23.1 Å². The number of para-hydroxylation sites is 1. The lowest BCUT2D eigenvalue weighted by molar-refractivity contribution is 0.0453. The van der Waals surface area contributed by atoms with Crippen LogP contribution in [-0.2, 0) is 10.0 Å². The van der Waals surface area contributed by atoms with E-state index in [-0.39, 0.29) is 29.1 Å². The number of aliphatic hydroxyl groups excluding tert-OH is 1. The van der Waals surface area contributed by atoms with Gasteiger partial charge in [-0.2, -0.15) is 0 Å². The van der Waals surface area contributed by atoms with Gasteiger partial charge < -0.3 is 10.8 Å². The highest BCUT2D eigenvalue weighted by atomic mass is 32.2. The van der Waals surface area contributed by atoms with Gasteiger partial charge in [-0.05, 0) is 30.9 Å². The number of nitrogens with two attached hydrogens (primary N) is 1. The van der Waals surface area contributed by atoms with Crippen molar-refractivity contribution in [3.8, 4) is 0 Å². The third-order valence-corrected chi connectivity index (χ3v) is 4.56. The van der Waals surface area contributed by atoms with Gasteiger partial charge in [-0.3, -0.25) is 0 Å². The average Bonchev–Trinajstić information content (AvgIpc) is 2.26. The van der Waals surface area contributed by atoms with Crippen LogP contribution >= 0.6 is 0 Å². The maximum atomic E-state index is 13.2. The largest absolute Gasteiger partial charge is 0.395 e. The molecule has 18 heavy (non-hydrogen) atoms. The fourth-order valence-electron chi connectivity index (χ4n) is 1.92. The van der Waals surface area contributed by atoms with E-state index in [0.717, 1.165) is 6.07 Å². The molecule has 2 rings (SSSR count). The van der Waals surface area contributed by atoms with E-state index in [9.17, 15) is 12.8 Å². The van der Waals surface area contributed by atoms with E-state index in [1.165, 1.54) is 12.1 Å². The molecule has 0 aromatic heterocycles. The topological polar surface area (TPSA) is 92.4 Å². The molecule has 0 aliphatic heterocycles. The molecule has 100 valence electrons. The zero-order chi connectivity index (χ0) is 13.3. The Balaban J connectivity index is 2.08. The number of nitrogen functional groups attached to an aromatic ring is 1. The molecule has 1 aliphatic rings. The second-order valence-electron chi connectivity index (χ2n) is 4.49. The Bertz CT molecular complexity index is 541. The van der Waals surface area contributed by atoms with Crippen LogP contribution in [0, 0.1) is 11.7 Å². The summed E-state index contributed by atoms with van der Waals surface area (Å²) in [7, 11) is -3.80. The first-order valence-electron chi connectivity index (χ1n) is 5.62. The van der Waals surface area contributed by atoms with Gasteiger partial charge in [-0.15, -0.1) is 0 Å². The van der Waals surface area contributed by atoms with Crippen molar-refractivity contribution in [3.05, 3.63) is 24.0 Å². The van der Waals surface area contributed by atoms with Gasteiger partial charge in [0.15, 0.2) is 0 Å². The minimum absolute atomic E-state index is 0.129. The molecule has 5 nitrogen and oxygen atoms in total. The van der Waals surface area contributed by atoms with Crippen molar-refractivity contribution in [2.24, 2.45) is 5.92 Å². The Morgan fingerprint density at radius 1 is 1.44 bits per heavy atom. The van der Waals surface area contributed by atoms with Crippen LogP contribution in [0.25, 0.3) is 0 Å². The lowest BCUT2D eigenvalue weighted by Gasteiger charge is -2.31. The lowest BCUT2D eigenvalue weighted by Crippen LogP contribution is -2.38. The molecule has 0 saturated heterocycles. The highest BCUT2D eigenvalue weighted by molar-refractivity contribution is 7.89. The second kappa shape index (κ2) is 4.83. The van der Waals surface area contributed by atoms with Crippen LogP contribution in [-0.4, -0.2) is 26.2 Å². The van der Waals surface area contributed by atoms with Crippen LogP contribution in [0.1, 0.15) is 12.8 Å². The molecule has 0 unspecified atom stereocenters. The Morgan fingerprint density at radius 3 is 2.72 bits per heavy atom. The summed E-state index contributed by atoms with van der Waals surface area (Å²) in [6, 6.07) is 3.67. The van der Waals surface area contributed by atoms with E-state index in [0.29, 0.717) is 12.8 Å². The molecule has 0 atom stereocenters. The van der Waals surface area contributed by atoms with Gasteiger partial charge in [0.2, 0.25) is 10.0 Å². The third-order valence-electron chi connectivity index (χ3n) is 3.08. The summed E-state index contributed by atoms with van der Waals surface area (Å²) >= 11 is 0. The summed E-state index contributed by atoms with van der Waals surface area (Å²) < 4.78 is 39.4. The first-order valence-corrected chi connectivity index (χ1v) is 7.10. The second-order valence-corrected chi connectivity index (χ2v) is 6.23. The molecule has 0 bridgehead atoms. The highest BCUT2D eigenvalue weighted by Crippen LogP contribution is 2.27. The van der Waals surface area contributed by atoms with E-state index in [2.05, 4.69) is 4.72 Å². The zero-order valence-corrected chi connectivity index (χ0v) is 10.5. The van der Waals surface area contributed by atoms with E-state index in [1.807, 2.05) is 0 Å². The fourth-order valence-corrected chi connectivity index (χ4v) is 3.18. The van der Waals surface area contributed by atoms with Gasteiger partial charge in [0, 0.05) is 6.54 Å². The summed E-state index contributed by atoms with van der Waals surface area (Å²) in [5.74, 6) is -0.624. The van der Waals surface area contributed by atoms with Gasteiger partial charge in [-0.1, -0.05) is 6.07 Å². The zero-order valence-electron chi connectivity index (χ0n) is 9.64. The quantitative estimate of drug-likeness (QED) is 0.695. The number of benzene rings is 1. The van der Waals surface area contributed by atoms with Gasteiger partial charge in [0.1, 0.15) is 10.7 Å². The average molecular weight is 274 g/mol. The van der Waals surface area contributed by atoms with Crippen LogP contribution in [0.5, 0.6) is 0 Å². The number of anilines is 1.